The molecule has 784 valence electrons. The molecule has 4 aromatic carbocycles. The van der Waals surface area contributed by atoms with Crippen LogP contribution >= 0.6 is 11.3 Å². The van der Waals surface area contributed by atoms with E-state index in [4.69, 9.17) is 18.9 Å². The van der Waals surface area contributed by atoms with Crippen molar-refractivity contribution in [1.82, 2.24) is 34.8 Å². The van der Waals surface area contributed by atoms with E-state index in [2.05, 4.69) is 72.4 Å². The first-order valence-corrected chi connectivity index (χ1v) is 62.2. The summed E-state index contributed by atoms with van der Waals surface area (Å²) in [6.07, 6.45) is 43.8. The third kappa shape index (κ3) is 38.7. The van der Waals surface area contributed by atoms with Crippen LogP contribution in [0.4, 0.5) is 0 Å². The lowest BCUT2D eigenvalue weighted by Gasteiger charge is -2.30. The number of aryl methyl sites for hydroxylation is 6. The number of hydrogen-bond donors (Lipinski definition) is 0. The number of rotatable bonds is 40. The highest BCUT2D eigenvalue weighted by Gasteiger charge is 2.39. The maximum atomic E-state index is 12.4. The summed E-state index contributed by atoms with van der Waals surface area (Å²) in [5.41, 5.74) is 8.98. The van der Waals surface area contributed by atoms with Crippen molar-refractivity contribution in [2.45, 2.75) is 378 Å². The zero-order valence-corrected chi connectivity index (χ0v) is 93.1. The molecule has 0 radical (unpaired) electrons. The van der Waals surface area contributed by atoms with Crippen molar-refractivity contribution in [1.29, 1.82) is 0 Å². The van der Waals surface area contributed by atoms with Crippen LogP contribution in [0, 0.1) is 35.5 Å². The Hall–Kier alpha value is -7.10. The van der Waals surface area contributed by atoms with E-state index in [9.17, 15) is 60.1 Å². The highest BCUT2D eigenvalue weighted by molar-refractivity contribution is 7.94. The summed E-state index contributed by atoms with van der Waals surface area (Å²) in [4.78, 5) is 50.1. The minimum atomic E-state index is -3.02. The van der Waals surface area contributed by atoms with Crippen LogP contribution in [-0.2, 0) is 97.5 Å². The molecule has 0 N–H and O–H groups in total. The van der Waals surface area contributed by atoms with Crippen molar-refractivity contribution >= 4 is 92.4 Å². The van der Waals surface area contributed by atoms with E-state index in [0.717, 1.165) is 262 Å². The molecule has 6 aliphatic rings. The van der Waals surface area contributed by atoms with Gasteiger partial charge in [0.1, 0.15) is 24.3 Å². The number of nitrogens with zero attached hydrogens (tertiary/aromatic N) is 7. The van der Waals surface area contributed by atoms with Gasteiger partial charge in [-0.05, 0) is 352 Å². The number of hydrogen-bond acceptors (Lipinski definition) is 25. The van der Waals surface area contributed by atoms with Gasteiger partial charge in [0.15, 0.2) is 82.0 Å². The van der Waals surface area contributed by atoms with Gasteiger partial charge >= 0.3 is 0 Å². The monoisotopic (exact) mass is 2070 g/mol. The van der Waals surface area contributed by atoms with E-state index in [-0.39, 0.29) is 22.8 Å². The number of unbranched alkanes of at least 4 members (excludes halogenated alkanes) is 12. The molecule has 7 aromatic rings. The van der Waals surface area contributed by atoms with Crippen LogP contribution in [0.3, 0.4) is 0 Å². The molecule has 32 heteroatoms. The molecule has 3 aliphatic carbocycles. The van der Waals surface area contributed by atoms with Crippen LogP contribution in [0.1, 0.15) is 365 Å². The number of ether oxygens (including phenoxy) is 4. The molecule has 0 unspecified atom stereocenters. The maximum absolute atomic E-state index is 12.4. The topological polar surface area (TPSA) is 356 Å². The number of sulfone groups is 6. The van der Waals surface area contributed by atoms with Crippen LogP contribution in [-0.4, -0.2) is 181 Å². The molecule has 3 saturated carbocycles. The largest absolute Gasteiger partial charge is 0.454 e. The van der Waals surface area contributed by atoms with Gasteiger partial charge < -0.3 is 18.9 Å². The number of benzene rings is 4. The fourth-order valence-corrected chi connectivity index (χ4v) is 26.3. The second kappa shape index (κ2) is 54.4. The van der Waals surface area contributed by atoms with Crippen LogP contribution in [0.25, 0.3) is 10.2 Å². The van der Waals surface area contributed by atoms with Gasteiger partial charge in [0.05, 0.1) is 90.4 Å². The second-order valence-electron chi connectivity index (χ2n) is 44.6. The van der Waals surface area contributed by atoms with Crippen molar-refractivity contribution < 1.29 is 79.0 Å². The average molecular weight is 2080 g/mol. The van der Waals surface area contributed by atoms with E-state index in [1.807, 2.05) is 56.6 Å². The zero-order valence-electron chi connectivity index (χ0n) is 87.4. The van der Waals surface area contributed by atoms with Crippen LogP contribution in [0.2, 0.25) is 0 Å². The summed E-state index contributed by atoms with van der Waals surface area (Å²) in [7, 11) is -16.3. The van der Waals surface area contributed by atoms with E-state index < -0.39 is 82.8 Å². The third-order valence-corrected chi connectivity index (χ3v) is 45.1. The molecule has 3 aromatic heterocycles. The number of aromatic nitrogens is 6. The van der Waals surface area contributed by atoms with Crippen LogP contribution < -0.4 is 18.9 Å². The third-order valence-electron chi connectivity index (χ3n) is 28.3. The quantitative estimate of drug-likeness (QED) is 0.0254. The van der Waals surface area contributed by atoms with Crippen molar-refractivity contribution in [2.75, 3.05) is 55.2 Å². The molecule has 3 fully saturated rings. The molecule has 3 aliphatic heterocycles. The lowest BCUT2D eigenvalue weighted by molar-refractivity contribution is 0.0692. The summed E-state index contributed by atoms with van der Waals surface area (Å²) < 4.78 is 165. The van der Waals surface area contributed by atoms with Gasteiger partial charge in [0.2, 0.25) is 13.6 Å². The number of carbonyl (C=O) groups excluding carboxylic acids is 2. The minimum absolute atomic E-state index is 0.230. The van der Waals surface area contributed by atoms with Gasteiger partial charge in [-0.3, -0.25) is 14.5 Å². The number of imide groups is 1. The molecule has 6 heterocycles. The Morgan fingerprint density at radius 2 is 0.679 bits per heavy atom. The average Bonchev–Trinajstić information content (AvgIpc) is 1.63. The predicted octanol–water partition coefficient (Wildman–Crippen LogP) is 23.0. The molecule has 0 atom stereocenters. The van der Waals surface area contributed by atoms with Gasteiger partial charge in [-0.15, -0.1) is 11.3 Å². The molecule has 0 spiro atoms. The molecule has 0 bridgehead atoms. The summed E-state index contributed by atoms with van der Waals surface area (Å²) in [6.45, 7) is 30.9. The van der Waals surface area contributed by atoms with E-state index in [1.165, 1.54) is 60.4 Å². The molecular weight excluding hydrogens is 1910 g/mol. The Bertz CT molecular complexity index is 5620. The number of amides is 2. The standard InChI is InChI=1S/C20H29NO4S.C20H29NO2S2.C18H28O4S.C17H28N2O2S.C17H26O4S.C16H27N3O2S/c1-20(2,3)26(24,25)13-9-7-5-6-8-10-15-11-12-16-17(14-15)19(23)21(4)18(16)22;1-20(2,3)25(22,23)13-17-8-5-15(6-9-17)4-7-16-10-11-19-18(12-16)21-14-24-19;1-18(2,3)23(19,20)12-8-6-4-5-7-9-15-10-11-16-17(13-15)22-14-21-16;1-17(2,3)22(20,21)13-15-7-5-14(6-8-15)9-10-16-18-11-4-12-19-16;1-14(2)22(18,19)11-7-5-3-4-6-8-15-9-10-16-17(12-15)21-13-20-16;1-16(2,3)22(20,21)10-14-6-4-13(5-7-14)8-9-15-18-11-17-12-19-15/h11-12,14H,5-10,13H2,1-4H3;10-12,14-15,17H,4-9,13H2,1-3H3;10-11,13H,4-9,12,14H2,1-3H3;4,11-12,14-15H,5-10,13H2,1-3H3;9-10,12,14H,3-8,11,13H2,1-2H3;11-14H,4-10H2,1-3H3. The van der Waals surface area contributed by atoms with Crippen LogP contribution in [0.15, 0.2) is 109 Å². The van der Waals surface area contributed by atoms with Gasteiger partial charge in [-0.25, -0.2) is 80.4 Å². The highest BCUT2D eigenvalue weighted by atomic mass is 32.2. The molecular formula is C108H167N7O18S7. The van der Waals surface area contributed by atoms with Gasteiger partial charge in [-0.1, -0.05) is 121 Å². The van der Waals surface area contributed by atoms with E-state index >= 15 is 0 Å². The van der Waals surface area contributed by atoms with E-state index in [0.29, 0.717) is 89.5 Å². The Morgan fingerprint density at radius 1 is 0.350 bits per heavy atom. The van der Waals surface area contributed by atoms with Crippen molar-refractivity contribution in [2.24, 2.45) is 35.5 Å². The second-order valence-corrected chi connectivity index (χ2v) is 62.2. The van der Waals surface area contributed by atoms with Gasteiger partial charge in [0, 0.05) is 32.3 Å². The minimum Gasteiger partial charge on any atom is -0.454 e. The maximum Gasteiger partial charge on any atom is 0.261 e. The molecule has 2 amide bonds. The zero-order chi connectivity index (χ0) is 103. The lowest BCUT2D eigenvalue weighted by Crippen LogP contribution is -2.34. The Morgan fingerprint density at radius 3 is 1.08 bits per heavy atom. The molecule has 140 heavy (non-hydrogen) atoms. The lowest BCUT2D eigenvalue weighted by atomic mass is 9.80. The summed E-state index contributed by atoms with van der Waals surface area (Å²) in [5, 5.41) is -0.251. The van der Waals surface area contributed by atoms with Crippen LogP contribution in [0.5, 0.6) is 23.0 Å². The van der Waals surface area contributed by atoms with Crippen molar-refractivity contribution in [3.05, 3.63) is 154 Å². The highest BCUT2D eigenvalue weighted by Crippen LogP contribution is 2.40. The molecule has 25 nitrogen and oxygen atoms in total. The first-order valence-electron chi connectivity index (χ1n) is 51.4. The normalized spacial score (nSPS) is 18.6. The molecule has 0 saturated heterocycles. The Kier molecular flexibility index (Phi) is 45.9. The first-order chi connectivity index (χ1) is 65.6. The fraction of sp³-hybridized carbons (Fsp3) is 0.685. The Balaban J connectivity index is 0.000000206. The summed E-state index contributed by atoms with van der Waals surface area (Å²) >= 11 is 1.69. The number of carbonyl (C=O) groups is 2. The predicted molar refractivity (Wildman–Crippen MR) is 568 cm³/mol. The fourth-order valence-electron chi connectivity index (χ4n) is 17.8. The smallest absolute Gasteiger partial charge is 0.261 e. The van der Waals surface area contributed by atoms with Crippen molar-refractivity contribution in [3.8, 4) is 23.0 Å². The molecule has 13 rings (SSSR count). The number of fused-ring (bicyclic) bond motifs is 4. The van der Waals surface area contributed by atoms with Gasteiger partial charge in [0.25, 0.3) is 11.8 Å². The summed E-state index contributed by atoms with van der Waals surface area (Å²) in [5.74, 6) is 9.72. The number of thiazole rings is 1. The van der Waals surface area contributed by atoms with Gasteiger partial charge in [-0.2, -0.15) is 0 Å². The SMILES string of the molecule is CC(C)(C)S(=O)(=O)CC1CCC(CCc2ccc3scnc3c2)CC1.CC(C)(C)S(=O)(=O)CC1CCC(CCc2ncccn2)CC1.CC(C)(C)S(=O)(=O)CC1CCC(CCc2ncncn2)CC1.CC(C)(C)S(=O)(=O)CCCCCCCc1ccc2c(c1)OCO2.CC(C)S(=O)(=O)CCCCCCCc1ccc2c(c1)OCO2.CN1C(=O)c2ccc(CCCCCCCS(=O)(=O)C(C)(C)C)cc2C1=O. The van der Waals surface area contributed by atoms with E-state index in [1.54, 1.807) is 127 Å². The van der Waals surface area contributed by atoms with Crippen molar-refractivity contribution in [3.63, 3.8) is 0 Å². The summed E-state index contributed by atoms with van der Waals surface area (Å²) in [6, 6.07) is 26.2. The first kappa shape index (κ1) is 118. The Labute approximate surface area is 845 Å².